The highest BCUT2D eigenvalue weighted by Crippen LogP contribution is 2.09. The molecule has 0 saturated heterocycles. The van der Waals surface area contributed by atoms with Gasteiger partial charge in [0.25, 0.3) is 5.56 Å². The molecule has 0 spiro atoms. The highest BCUT2D eigenvalue weighted by Gasteiger charge is 2.14. The van der Waals surface area contributed by atoms with Crippen molar-refractivity contribution in [3.8, 4) is 0 Å². The zero-order valence-corrected chi connectivity index (χ0v) is 13.4. The van der Waals surface area contributed by atoms with Gasteiger partial charge in [0.15, 0.2) is 0 Å². The van der Waals surface area contributed by atoms with E-state index in [4.69, 9.17) is 0 Å². The average molecular weight is 312 g/mol. The zero-order chi connectivity index (χ0) is 16.7. The lowest BCUT2D eigenvalue weighted by Gasteiger charge is -2.26. The van der Waals surface area contributed by atoms with Crippen LogP contribution in [0.25, 0.3) is 0 Å². The van der Waals surface area contributed by atoms with Crippen LogP contribution in [0.4, 0.5) is 0 Å². The number of hydrogen-bond donors (Lipinski definition) is 1. The quantitative estimate of drug-likeness (QED) is 0.926. The molecule has 0 fully saturated rings. The number of rotatable bonds is 4. The van der Waals surface area contributed by atoms with Gasteiger partial charge in [-0.15, -0.1) is 0 Å². The lowest BCUT2D eigenvalue weighted by atomic mass is 10.1. The van der Waals surface area contributed by atoms with Crippen molar-refractivity contribution in [2.45, 2.75) is 19.1 Å². The van der Waals surface area contributed by atoms with Crippen LogP contribution < -0.4 is 5.56 Å². The number of aromatic nitrogens is 1. The van der Waals surface area contributed by atoms with E-state index < -0.39 is 6.10 Å². The molecule has 0 radical (unpaired) electrons. The van der Waals surface area contributed by atoms with Crippen molar-refractivity contribution < 1.29 is 5.11 Å². The van der Waals surface area contributed by atoms with E-state index in [2.05, 4.69) is 18.1 Å². The maximum atomic E-state index is 11.7. The largest absolute Gasteiger partial charge is 0.390 e. The first-order chi connectivity index (χ1) is 11.0. The van der Waals surface area contributed by atoms with Crippen molar-refractivity contribution in [3.05, 3.63) is 83.4 Å². The minimum Gasteiger partial charge on any atom is -0.390 e. The molecule has 0 saturated carbocycles. The van der Waals surface area contributed by atoms with Crippen LogP contribution in [0.15, 0.2) is 77.8 Å². The van der Waals surface area contributed by atoms with E-state index >= 15 is 0 Å². The standard InChI is InChI=1S/C19H24N2O2/c1-16-7-3-4-8-17(2)13-20(12-10-16)14-18(22)15-21-11-6-5-9-19(21)23/h3-9,11,18,22H,1-2,10,12-15H2/b7-3-,8-4-/t18-/m0/s1. The fourth-order valence-electron chi connectivity index (χ4n) is 2.54. The van der Waals surface area contributed by atoms with E-state index in [-0.39, 0.29) is 5.56 Å². The summed E-state index contributed by atoms with van der Waals surface area (Å²) in [5.41, 5.74) is 1.95. The Bertz CT molecular complexity index is 670. The Morgan fingerprint density at radius 2 is 1.87 bits per heavy atom. The molecule has 1 aromatic rings. The summed E-state index contributed by atoms with van der Waals surface area (Å²) in [5.74, 6) is 0. The normalized spacial score (nSPS) is 20.9. The Kier molecular flexibility index (Phi) is 6.32. The van der Waals surface area contributed by atoms with Gasteiger partial charge in [-0.2, -0.15) is 0 Å². The summed E-state index contributed by atoms with van der Waals surface area (Å²) in [4.78, 5) is 13.9. The second kappa shape index (κ2) is 8.46. The lowest BCUT2D eigenvalue weighted by Crippen LogP contribution is -2.38. The maximum absolute atomic E-state index is 11.7. The fourth-order valence-corrected chi connectivity index (χ4v) is 2.54. The number of pyridine rings is 1. The van der Waals surface area contributed by atoms with Gasteiger partial charge in [0.1, 0.15) is 0 Å². The van der Waals surface area contributed by atoms with Crippen molar-refractivity contribution in [1.29, 1.82) is 0 Å². The van der Waals surface area contributed by atoms with Gasteiger partial charge in [-0.25, -0.2) is 0 Å². The summed E-state index contributed by atoms with van der Waals surface area (Å²) < 4.78 is 1.53. The summed E-state index contributed by atoms with van der Waals surface area (Å²) in [6.07, 6.45) is 9.82. The average Bonchev–Trinajstić information content (AvgIpc) is 2.51. The van der Waals surface area contributed by atoms with Crippen LogP contribution in [-0.4, -0.2) is 40.3 Å². The van der Waals surface area contributed by atoms with Crippen LogP contribution in [0.2, 0.25) is 0 Å². The molecule has 0 bridgehead atoms. The van der Waals surface area contributed by atoms with Gasteiger partial charge in [0.05, 0.1) is 12.6 Å². The zero-order valence-electron chi connectivity index (χ0n) is 13.4. The van der Waals surface area contributed by atoms with E-state index in [0.29, 0.717) is 19.6 Å². The smallest absolute Gasteiger partial charge is 0.250 e. The summed E-state index contributed by atoms with van der Waals surface area (Å²) >= 11 is 0. The molecular formula is C19H24N2O2. The molecule has 1 aromatic heterocycles. The number of aliphatic hydroxyl groups is 1. The first-order valence-corrected chi connectivity index (χ1v) is 7.81. The third kappa shape index (κ3) is 5.85. The summed E-state index contributed by atoms with van der Waals surface area (Å²) in [5, 5.41) is 10.3. The molecule has 23 heavy (non-hydrogen) atoms. The second-order valence-electron chi connectivity index (χ2n) is 5.86. The Morgan fingerprint density at radius 1 is 1.13 bits per heavy atom. The van der Waals surface area contributed by atoms with E-state index in [1.807, 2.05) is 24.3 Å². The molecule has 2 rings (SSSR count). The summed E-state index contributed by atoms with van der Waals surface area (Å²) in [6.45, 7) is 10.3. The van der Waals surface area contributed by atoms with Gasteiger partial charge in [-0.1, -0.05) is 49.1 Å². The molecular weight excluding hydrogens is 288 g/mol. The Hall–Kier alpha value is -2.17. The maximum Gasteiger partial charge on any atom is 0.250 e. The number of β-amino-alcohol motifs (C(OH)–C–C–N with tert-alkyl or cyclic N) is 1. The monoisotopic (exact) mass is 312 g/mol. The SMILES string of the molecule is C=C1/C=C\C=C/C(=C)CN(C[C@H](O)Cn2ccccc2=O)CC1. The molecule has 0 aliphatic carbocycles. The first-order valence-electron chi connectivity index (χ1n) is 7.81. The topological polar surface area (TPSA) is 45.5 Å². The summed E-state index contributed by atoms with van der Waals surface area (Å²) in [7, 11) is 0. The number of hydrogen-bond acceptors (Lipinski definition) is 3. The van der Waals surface area contributed by atoms with Gasteiger partial charge < -0.3 is 9.67 Å². The Labute approximate surface area is 137 Å². The van der Waals surface area contributed by atoms with Crippen LogP contribution in [-0.2, 0) is 6.54 Å². The van der Waals surface area contributed by atoms with Crippen molar-refractivity contribution in [3.63, 3.8) is 0 Å². The van der Waals surface area contributed by atoms with Gasteiger partial charge >= 0.3 is 0 Å². The number of allylic oxidation sites excluding steroid dienone is 3. The minimum atomic E-state index is -0.612. The highest BCUT2D eigenvalue weighted by atomic mass is 16.3. The summed E-state index contributed by atoms with van der Waals surface area (Å²) in [6, 6.07) is 4.99. The molecule has 0 amide bonds. The van der Waals surface area contributed by atoms with E-state index in [1.165, 1.54) is 10.6 Å². The molecule has 1 atom stereocenters. The predicted octanol–water partition coefficient (Wildman–Crippen LogP) is 2.14. The number of nitrogens with zero attached hydrogens (tertiary/aromatic N) is 2. The van der Waals surface area contributed by atoms with Gasteiger partial charge in [-0.3, -0.25) is 9.69 Å². The molecule has 2 heterocycles. The molecule has 4 nitrogen and oxygen atoms in total. The molecule has 1 aliphatic heterocycles. The van der Waals surface area contributed by atoms with Crippen LogP contribution >= 0.6 is 0 Å². The van der Waals surface area contributed by atoms with Crippen LogP contribution in [0.5, 0.6) is 0 Å². The predicted molar refractivity (Wildman–Crippen MR) is 94.3 cm³/mol. The van der Waals surface area contributed by atoms with Gasteiger partial charge in [-0.05, 0) is 18.1 Å². The van der Waals surface area contributed by atoms with Crippen molar-refractivity contribution >= 4 is 0 Å². The highest BCUT2D eigenvalue weighted by molar-refractivity contribution is 5.26. The third-order valence-electron chi connectivity index (χ3n) is 3.73. The number of aliphatic hydroxyl groups excluding tert-OH is 1. The third-order valence-corrected chi connectivity index (χ3v) is 3.73. The molecule has 4 heteroatoms. The molecule has 0 aromatic carbocycles. The molecule has 122 valence electrons. The molecule has 1 N–H and O–H groups in total. The van der Waals surface area contributed by atoms with E-state index in [1.54, 1.807) is 18.3 Å². The van der Waals surface area contributed by atoms with Gasteiger partial charge in [0.2, 0.25) is 0 Å². The fraction of sp³-hybridized carbons (Fsp3) is 0.316. The van der Waals surface area contributed by atoms with E-state index in [0.717, 1.165) is 24.1 Å². The van der Waals surface area contributed by atoms with Crippen LogP contribution in [0, 0.1) is 0 Å². The van der Waals surface area contributed by atoms with Crippen LogP contribution in [0.3, 0.4) is 0 Å². The first kappa shape index (κ1) is 17.2. The van der Waals surface area contributed by atoms with Crippen molar-refractivity contribution in [1.82, 2.24) is 9.47 Å². The minimum absolute atomic E-state index is 0.0987. The van der Waals surface area contributed by atoms with Crippen molar-refractivity contribution in [2.75, 3.05) is 19.6 Å². The molecule has 1 aliphatic rings. The van der Waals surface area contributed by atoms with Crippen LogP contribution in [0.1, 0.15) is 6.42 Å². The Morgan fingerprint density at radius 3 is 2.61 bits per heavy atom. The Balaban J connectivity index is 1.99. The van der Waals surface area contributed by atoms with Gasteiger partial charge in [0, 0.05) is 31.9 Å². The lowest BCUT2D eigenvalue weighted by molar-refractivity contribution is 0.102. The van der Waals surface area contributed by atoms with Crippen molar-refractivity contribution in [2.24, 2.45) is 0 Å². The molecule has 0 unspecified atom stereocenters. The second-order valence-corrected chi connectivity index (χ2v) is 5.86. The van der Waals surface area contributed by atoms with E-state index in [9.17, 15) is 9.90 Å².